The highest BCUT2D eigenvalue weighted by atomic mass is 16.2. The van der Waals surface area contributed by atoms with Crippen molar-refractivity contribution in [1.29, 1.82) is 0 Å². The third kappa shape index (κ3) is 4.56. The Morgan fingerprint density at radius 3 is 2.42 bits per heavy atom. The fraction of sp³-hybridized carbons (Fsp3) is 0.192. The maximum absolute atomic E-state index is 13.2. The molecule has 0 radical (unpaired) electrons. The Hall–Kier alpha value is -3.73. The topological polar surface area (TPSA) is 66.5 Å². The third-order valence-electron chi connectivity index (χ3n) is 5.55. The molecule has 4 rings (SSSR count). The van der Waals surface area contributed by atoms with Crippen molar-refractivity contribution in [2.75, 3.05) is 16.8 Å². The molecule has 0 spiro atoms. The number of amides is 2. The van der Waals surface area contributed by atoms with Crippen molar-refractivity contribution in [3.63, 3.8) is 0 Å². The van der Waals surface area contributed by atoms with Crippen LogP contribution >= 0.6 is 0 Å². The lowest BCUT2D eigenvalue weighted by molar-refractivity contribution is -0.115. The summed E-state index contributed by atoms with van der Waals surface area (Å²) >= 11 is 0. The van der Waals surface area contributed by atoms with E-state index >= 15 is 0 Å². The van der Waals surface area contributed by atoms with Gasteiger partial charge in [-0.05, 0) is 60.9 Å². The van der Waals surface area contributed by atoms with Gasteiger partial charge in [0.15, 0.2) is 5.78 Å². The number of hydrogen-bond acceptors (Lipinski definition) is 3. The molecule has 5 nitrogen and oxygen atoms in total. The molecule has 0 atom stereocenters. The summed E-state index contributed by atoms with van der Waals surface area (Å²) in [7, 11) is 0. The molecular weight excluding hydrogens is 388 g/mol. The van der Waals surface area contributed by atoms with E-state index in [4.69, 9.17) is 0 Å². The van der Waals surface area contributed by atoms with Gasteiger partial charge in [0.1, 0.15) is 0 Å². The van der Waals surface area contributed by atoms with E-state index in [1.807, 2.05) is 49.4 Å². The number of benzene rings is 3. The van der Waals surface area contributed by atoms with E-state index in [9.17, 15) is 14.4 Å². The first-order valence-corrected chi connectivity index (χ1v) is 10.4. The van der Waals surface area contributed by atoms with Crippen molar-refractivity contribution in [3.8, 4) is 0 Å². The molecule has 3 aromatic carbocycles. The summed E-state index contributed by atoms with van der Waals surface area (Å²) in [6.07, 6.45) is 1.37. The first kappa shape index (κ1) is 20.5. The number of Topliss-reactive ketones (excluding diaryl/α,β-unsaturated/α-hetero) is 1. The van der Waals surface area contributed by atoms with Crippen LogP contribution in [0.25, 0.3) is 0 Å². The van der Waals surface area contributed by atoms with Crippen LogP contribution in [-0.2, 0) is 11.2 Å². The number of fused-ring (bicyclic) bond motifs is 1. The molecule has 1 aliphatic rings. The zero-order valence-corrected chi connectivity index (χ0v) is 17.4. The molecule has 2 amide bonds. The van der Waals surface area contributed by atoms with Crippen molar-refractivity contribution in [3.05, 3.63) is 95.1 Å². The molecule has 0 aliphatic carbocycles. The second kappa shape index (κ2) is 8.96. The maximum atomic E-state index is 13.2. The SMILES string of the molecule is Cc1ccccc1CC(=O)Nc1ccc(C(=O)N2CCCC(=O)c3ccccc32)cc1. The standard InChI is InChI=1S/C26H24N2O3/c1-18-7-2-3-8-20(18)17-25(30)27-21-14-12-19(13-15-21)26(31)28-16-6-11-24(29)22-9-4-5-10-23(22)28/h2-5,7-10,12-15H,6,11,16-17H2,1H3,(H,27,30). The molecule has 0 saturated heterocycles. The average Bonchev–Trinajstić information content (AvgIpc) is 2.94. The monoisotopic (exact) mass is 412 g/mol. The molecule has 0 unspecified atom stereocenters. The highest BCUT2D eigenvalue weighted by Gasteiger charge is 2.25. The second-order valence-corrected chi connectivity index (χ2v) is 7.73. The molecule has 1 aliphatic heterocycles. The number of aryl methyl sites for hydroxylation is 1. The van der Waals surface area contributed by atoms with E-state index in [1.165, 1.54) is 0 Å². The molecule has 5 heteroatoms. The molecule has 31 heavy (non-hydrogen) atoms. The molecule has 1 heterocycles. The Labute approximate surface area is 181 Å². The minimum absolute atomic E-state index is 0.0672. The lowest BCUT2D eigenvalue weighted by Crippen LogP contribution is -2.31. The lowest BCUT2D eigenvalue weighted by atomic mass is 10.1. The molecule has 3 aromatic rings. The lowest BCUT2D eigenvalue weighted by Gasteiger charge is -2.22. The van der Waals surface area contributed by atoms with Gasteiger partial charge in [-0.15, -0.1) is 0 Å². The minimum atomic E-state index is -0.153. The number of anilines is 2. The number of hydrogen-bond donors (Lipinski definition) is 1. The highest BCUT2D eigenvalue weighted by molar-refractivity contribution is 6.11. The van der Waals surface area contributed by atoms with Crippen LogP contribution in [-0.4, -0.2) is 24.1 Å². The van der Waals surface area contributed by atoms with Gasteiger partial charge < -0.3 is 10.2 Å². The van der Waals surface area contributed by atoms with Crippen LogP contribution in [0.4, 0.5) is 11.4 Å². The van der Waals surface area contributed by atoms with Gasteiger partial charge in [-0.3, -0.25) is 14.4 Å². The van der Waals surface area contributed by atoms with Gasteiger partial charge in [-0.2, -0.15) is 0 Å². The minimum Gasteiger partial charge on any atom is -0.326 e. The molecule has 0 aromatic heterocycles. The predicted molar refractivity (Wildman–Crippen MR) is 122 cm³/mol. The number of carbonyl (C=O) groups excluding carboxylic acids is 3. The summed E-state index contributed by atoms with van der Waals surface area (Å²) in [5.41, 5.74) is 4.47. The van der Waals surface area contributed by atoms with E-state index in [0.29, 0.717) is 48.3 Å². The predicted octanol–water partition coefficient (Wildman–Crippen LogP) is 4.80. The Bertz CT molecular complexity index is 1140. The summed E-state index contributed by atoms with van der Waals surface area (Å²) < 4.78 is 0. The van der Waals surface area contributed by atoms with E-state index in [-0.39, 0.29) is 17.6 Å². The number of ketones is 1. The summed E-state index contributed by atoms with van der Waals surface area (Å²) in [6.45, 7) is 2.48. The fourth-order valence-electron chi connectivity index (χ4n) is 3.85. The second-order valence-electron chi connectivity index (χ2n) is 7.73. The van der Waals surface area contributed by atoms with Crippen molar-refractivity contribution >= 4 is 29.0 Å². The third-order valence-corrected chi connectivity index (χ3v) is 5.55. The van der Waals surface area contributed by atoms with Gasteiger partial charge in [0, 0.05) is 29.8 Å². The number of nitrogens with zero attached hydrogens (tertiary/aromatic N) is 1. The summed E-state index contributed by atoms with van der Waals surface area (Å²) in [4.78, 5) is 39.6. The molecule has 1 N–H and O–H groups in total. The van der Waals surface area contributed by atoms with Gasteiger partial charge in [0.25, 0.3) is 5.91 Å². The molecule has 0 saturated carbocycles. The van der Waals surface area contributed by atoms with Gasteiger partial charge in [-0.1, -0.05) is 36.4 Å². The number of para-hydroxylation sites is 1. The van der Waals surface area contributed by atoms with Crippen LogP contribution in [0.3, 0.4) is 0 Å². The summed E-state index contributed by atoms with van der Waals surface area (Å²) in [6, 6.07) is 21.9. The molecule has 156 valence electrons. The zero-order chi connectivity index (χ0) is 21.8. The smallest absolute Gasteiger partial charge is 0.258 e. The molecular formula is C26H24N2O3. The average molecular weight is 412 g/mol. The first-order valence-electron chi connectivity index (χ1n) is 10.4. The van der Waals surface area contributed by atoms with E-state index < -0.39 is 0 Å². The number of nitrogens with one attached hydrogen (secondary N) is 1. The fourth-order valence-corrected chi connectivity index (χ4v) is 3.85. The van der Waals surface area contributed by atoms with E-state index in [1.54, 1.807) is 35.2 Å². The van der Waals surface area contributed by atoms with Crippen molar-refractivity contribution in [2.24, 2.45) is 0 Å². The number of carbonyl (C=O) groups is 3. The van der Waals surface area contributed by atoms with Gasteiger partial charge in [0.2, 0.25) is 5.91 Å². The van der Waals surface area contributed by atoms with Gasteiger partial charge >= 0.3 is 0 Å². The molecule has 0 fully saturated rings. The summed E-state index contributed by atoms with van der Waals surface area (Å²) in [5, 5.41) is 2.89. The summed E-state index contributed by atoms with van der Waals surface area (Å²) in [5.74, 6) is -0.189. The normalized spacial score (nSPS) is 13.3. The first-order chi connectivity index (χ1) is 15.0. The molecule has 0 bridgehead atoms. The van der Waals surface area contributed by atoms with Gasteiger partial charge in [0.05, 0.1) is 12.1 Å². The van der Waals surface area contributed by atoms with Crippen LogP contribution < -0.4 is 10.2 Å². The zero-order valence-electron chi connectivity index (χ0n) is 17.4. The van der Waals surface area contributed by atoms with Crippen molar-refractivity contribution in [1.82, 2.24) is 0 Å². The Kier molecular flexibility index (Phi) is 5.94. The number of rotatable bonds is 4. The van der Waals surface area contributed by atoms with Crippen LogP contribution in [0.1, 0.15) is 44.7 Å². The quantitative estimate of drug-likeness (QED) is 0.669. The van der Waals surface area contributed by atoms with E-state index in [2.05, 4.69) is 5.32 Å². The van der Waals surface area contributed by atoms with Gasteiger partial charge in [-0.25, -0.2) is 0 Å². The van der Waals surface area contributed by atoms with Crippen molar-refractivity contribution in [2.45, 2.75) is 26.2 Å². The van der Waals surface area contributed by atoms with Crippen molar-refractivity contribution < 1.29 is 14.4 Å². The largest absolute Gasteiger partial charge is 0.326 e. The Morgan fingerprint density at radius 2 is 1.65 bits per heavy atom. The van der Waals surface area contributed by atoms with E-state index in [0.717, 1.165) is 11.1 Å². The van der Waals surface area contributed by atoms with Crippen LogP contribution in [0, 0.1) is 6.92 Å². The maximum Gasteiger partial charge on any atom is 0.258 e. The van der Waals surface area contributed by atoms with Crippen LogP contribution in [0.2, 0.25) is 0 Å². The van der Waals surface area contributed by atoms with Crippen LogP contribution in [0.5, 0.6) is 0 Å². The highest BCUT2D eigenvalue weighted by Crippen LogP contribution is 2.28. The van der Waals surface area contributed by atoms with Crippen LogP contribution in [0.15, 0.2) is 72.8 Å². The Morgan fingerprint density at radius 1 is 0.935 bits per heavy atom. The Balaban J connectivity index is 1.47.